The van der Waals surface area contributed by atoms with Gasteiger partial charge in [0, 0.05) is 0 Å². The zero-order valence-electron chi connectivity index (χ0n) is 15.4. The number of phosphoric acid groups is 1. The molecule has 0 amide bonds. The number of aliphatic hydroxyl groups excluding tert-OH is 1. The summed E-state index contributed by atoms with van der Waals surface area (Å²) in [6, 6.07) is 5.38. The van der Waals surface area contributed by atoms with Crippen molar-refractivity contribution in [2.24, 2.45) is 0 Å². The van der Waals surface area contributed by atoms with E-state index in [1.165, 1.54) is 10.8 Å². The molecule has 1 aliphatic carbocycles. The van der Waals surface area contributed by atoms with Crippen molar-refractivity contribution >= 4 is 19.2 Å². The third-order valence-corrected chi connectivity index (χ3v) is 7.16. The molecule has 4 heterocycles. The summed E-state index contributed by atoms with van der Waals surface area (Å²) in [5.41, 5.74) is 5.23. The zero-order chi connectivity index (χ0) is 20.2. The van der Waals surface area contributed by atoms with Crippen LogP contribution in [0.1, 0.15) is 37.5 Å². The van der Waals surface area contributed by atoms with Gasteiger partial charge in [-0.25, -0.2) is 14.1 Å². The molecule has 11 nitrogen and oxygen atoms in total. The average Bonchev–Trinajstić information content (AvgIpc) is 3.42. The Kier molecular flexibility index (Phi) is 4.40. The molecule has 5 rings (SSSR count). The minimum Gasteiger partial charge on any atom is -0.387 e. The van der Waals surface area contributed by atoms with Gasteiger partial charge in [-0.15, -0.1) is 0 Å². The highest BCUT2D eigenvalue weighted by atomic mass is 31.2. The average molecular weight is 421 g/mol. The third kappa shape index (κ3) is 2.95. The Morgan fingerprint density at radius 3 is 2.97 bits per heavy atom. The lowest BCUT2D eigenvalue weighted by Crippen LogP contribution is -2.50. The van der Waals surface area contributed by atoms with Crippen LogP contribution in [0.4, 0.5) is 5.82 Å². The first-order valence-corrected chi connectivity index (χ1v) is 10.9. The molecule has 5 atom stereocenters. The second-order valence-corrected chi connectivity index (χ2v) is 9.06. The largest absolute Gasteiger partial charge is 0.475 e. The Hall–Kier alpha value is -2.06. The summed E-state index contributed by atoms with van der Waals surface area (Å²) in [7, 11) is -3.93. The van der Waals surface area contributed by atoms with Crippen LogP contribution in [0.3, 0.4) is 0 Å². The molecule has 0 radical (unpaired) electrons. The molecule has 2 saturated heterocycles. The summed E-state index contributed by atoms with van der Waals surface area (Å²) < 4.78 is 36.9. The van der Waals surface area contributed by atoms with Gasteiger partial charge in [0.2, 0.25) is 5.60 Å². The van der Waals surface area contributed by atoms with Crippen molar-refractivity contribution in [3.8, 4) is 6.07 Å². The molecule has 3 N–H and O–H groups in total. The standard InChI is InChI=1S/C17H20N5O6P/c18-7-17-8-25-29(24,27-10-3-1-2-4-10)28-15(17)13(23)14(26-17)11-5-6-12-16(19)20-9-21-22(11)12/h5-6,9-10,13-15,23H,1-4,8H2,(H2,19,20,21)/t13-,14-,15-,17+,29?/m0/s1. The summed E-state index contributed by atoms with van der Waals surface area (Å²) in [5.74, 6) is 0.264. The first-order chi connectivity index (χ1) is 13.9. The highest BCUT2D eigenvalue weighted by Crippen LogP contribution is 2.61. The van der Waals surface area contributed by atoms with Gasteiger partial charge in [-0.05, 0) is 25.0 Å². The molecule has 1 saturated carbocycles. The summed E-state index contributed by atoms with van der Waals surface area (Å²) in [6.45, 7) is -0.341. The Bertz CT molecular complexity index is 1030. The van der Waals surface area contributed by atoms with Crippen LogP contribution in [0.2, 0.25) is 0 Å². The van der Waals surface area contributed by atoms with Gasteiger partial charge in [0.1, 0.15) is 42.8 Å². The van der Waals surface area contributed by atoms with Gasteiger partial charge in [-0.2, -0.15) is 10.4 Å². The number of nitriles is 1. The first-order valence-electron chi connectivity index (χ1n) is 9.41. The monoisotopic (exact) mass is 421 g/mol. The summed E-state index contributed by atoms with van der Waals surface area (Å²) in [4.78, 5) is 3.93. The Balaban J connectivity index is 1.46. The number of ether oxygens (including phenoxy) is 1. The number of nitrogens with zero attached hydrogens (tertiary/aromatic N) is 4. The molecule has 3 fully saturated rings. The number of rotatable bonds is 3. The molecular weight excluding hydrogens is 401 g/mol. The molecule has 0 bridgehead atoms. The van der Waals surface area contributed by atoms with Crippen LogP contribution in [0.15, 0.2) is 18.5 Å². The van der Waals surface area contributed by atoms with E-state index < -0.39 is 31.7 Å². The van der Waals surface area contributed by atoms with E-state index in [9.17, 15) is 14.9 Å². The predicted molar refractivity (Wildman–Crippen MR) is 97.3 cm³/mol. The van der Waals surface area contributed by atoms with E-state index in [-0.39, 0.29) is 18.5 Å². The molecule has 0 aromatic carbocycles. The van der Waals surface area contributed by atoms with E-state index in [0.717, 1.165) is 25.7 Å². The van der Waals surface area contributed by atoms with E-state index in [1.807, 2.05) is 6.07 Å². The lowest BCUT2D eigenvalue weighted by molar-refractivity contribution is -0.107. The number of anilines is 1. The second kappa shape index (κ2) is 6.74. The lowest BCUT2D eigenvalue weighted by Gasteiger charge is -2.36. The minimum absolute atomic E-state index is 0.222. The predicted octanol–water partition coefficient (Wildman–Crippen LogP) is 1.49. The zero-order valence-corrected chi connectivity index (χ0v) is 16.3. The van der Waals surface area contributed by atoms with Gasteiger partial charge >= 0.3 is 7.82 Å². The van der Waals surface area contributed by atoms with E-state index in [1.54, 1.807) is 12.1 Å². The number of aromatic nitrogens is 3. The summed E-state index contributed by atoms with van der Waals surface area (Å²) in [5, 5.41) is 24.9. The molecule has 2 aromatic heterocycles. The van der Waals surface area contributed by atoms with Crippen molar-refractivity contribution in [1.29, 1.82) is 5.26 Å². The number of hydrogen-bond donors (Lipinski definition) is 2. The topological polar surface area (TPSA) is 154 Å². The molecule has 29 heavy (non-hydrogen) atoms. The number of nitrogen functional groups attached to an aromatic ring is 1. The first kappa shape index (κ1) is 18.9. The molecular formula is C17H20N5O6P. The van der Waals surface area contributed by atoms with Crippen LogP contribution < -0.4 is 5.73 Å². The number of phosphoric ester groups is 1. The van der Waals surface area contributed by atoms with Crippen LogP contribution >= 0.6 is 7.82 Å². The maximum atomic E-state index is 13.0. The third-order valence-electron chi connectivity index (χ3n) is 5.67. The minimum atomic E-state index is -3.93. The van der Waals surface area contributed by atoms with Crippen LogP contribution in [0, 0.1) is 11.3 Å². The quantitative estimate of drug-likeness (QED) is 0.697. The molecule has 154 valence electrons. The van der Waals surface area contributed by atoms with Gasteiger partial charge < -0.3 is 15.6 Å². The van der Waals surface area contributed by atoms with E-state index in [0.29, 0.717) is 11.2 Å². The number of aliphatic hydroxyl groups is 1. The van der Waals surface area contributed by atoms with Crippen molar-refractivity contribution in [2.45, 2.75) is 55.7 Å². The normalized spacial score (nSPS) is 37.6. The molecule has 2 aromatic rings. The van der Waals surface area contributed by atoms with Crippen LogP contribution in [-0.2, 0) is 22.9 Å². The van der Waals surface area contributed by atoms with E-state index in [2.05, 4.69) is 10.1 Å². The fourth-order valence-electron chi connectivity index (χ4n) is 4.18. The number of hydrogen-bond acceptors (Lipinski definition) is 10. The van der Waals surface area contributed by atoms with Crippen molar-refractivity contribution in [2.75, 3.05) is 12.3 Å². The van der Waals surface area contributed by atoms with Crippen LogP contribution in [0.25, 0.3) is 5.52 Å². The smallest absolute Gasteiger partial charge is 0.387 e. The van der Waals surface area contributed by atoms with Gasteiger partial charge in [-0.3, -0.25) is 13.6 Å². The van der Waals surface area contributed by atoms with Gasteiger partial charge in [-0.1, -0.05) is 12.8 Å². The van der Waals surface area contributed by atoms with E-state index in [4.69, 9.17) is 24.0 Å². The highest BCUT2D eigenvalue weighted by Gasteiger charge is 2.63. The summed E-state index contributed by atoms with van der Waals surface area (Å²) >= 11 is 0. The number of fused-ring (bicyclic) bond motifs is 2. The molecule has 12 heteroatoms. The fraction of sp³-hybridized carbons (Fsp3) is 0.588. The van der Waals surface area contributed by atoms with E-state index >= 15 is 0 Å². The van der Waals surface area contributed by atoms with Gasteiger partial charge in [0.25, 0.3) is 0 Å². The van der Waals surface area contributed by atoms with Crippen LogP contribution in [0.5, 0.6) is 0 Å². The maximum Gasteiger partial charge on any atom is 0.475 e. The Labute approximate surface area is 165 Å². The Morgan fingerprint density at radius 1 is 1.41 bits per heavy atom. The molecule has 1 unspecified atom stereocenters. The van der Waals surface area contributed by atoms with Gasteiger partial charge in [0.05, 0.1) is 11.8 Å². The highest BCUT2D eigenvalue weighted by molar-refractivity contribution is 7.48. The molecule has 0 spiro atoms. The van der Waals surface area contributed by atoms with Crippen molar-refractivity contribution in [3.63, 3.8) is 0 Å². The van der Waals surface area contributed by atoms with Crippen molar-refractivity contribution < 1.29 is 28.0 Å². The summed E-state index contributed by atoms with van der Waals surface area (Å²) in [6.07, 6.45) is 1.08. The lowest BCUT2D eigenvalue weighted by atomic mass is 9.96. The fourth-order valence-corrected chi connectivity index (χ4v) is 5.85. The van der Waals surface area contributed by atoms with Crippen molar-refractivity contribution in [3.05, 3.63) is 24.2 Å². The van der Waals surface area contributed by atoms with Crippen LogP contribution in [-0.4, -0.2) is 50.2 Å². The maximum absolute atomic E-state index is 13.0. The molecule has 2 aliphatic heterocycles. The van der Waals surface area contributed by atoms with Crippen molar-refractivity contribution in [1.82, 2.24) is 14.6 Å². The number of nitrogens with two attached hydrogens (primary N) is 1. The second-order valence-electron chi connectivity index (χ2n) is 7.49. The Morgan fingerprint density at radius 2 is 2.21 bits per heavy atom. The van der Waals surface area contributed by atoms with Gasteiger partial charge in [0.15, 0.2) is 5.82 Å². The SMILES string of the molecule is N#C[C@@]12COP(=O)(OC3CCCC3)O[C@H]1[C@@H](O)[C@H](c1ccc3c(N)ncnn13)O2. The molecule has 3 aliphatic rings.